The minimum absolute atomic E-state index is 0.319. The van der Waals surface area contributed by atoms with Crippen LogP contribution in [-0.4, -0.2) is 5.91 Å². The fourth-order valence-corrected chi connectivity index (χ4v) is 3.38. The molecule has 0 heterocycles. The summed E-state index contributed by atoms with van der Waals surface area (Å²) in [6, 6.07) is 9.46. The van der Waals surface area contributed by atoms with Crippen molar-refractivity contribution in [2.24, 2.45) is 5.84 Å². The second-order valence-electron chi connectivity index (χ2n) is 4.25. The van der Waals surface area contributed by atoms with E-state index in [4.69, 9.17) is 11.6 Å². The number of nitrogens with one attached hydrogen (secondary N) is 1. The van der Waals surface area contributed by atoms with E-state index >= 15 is 0 Å². The predicted molar refractivity (Wildman–Crippen MR) is 86.2 cm³/mol. The molecule has 0 atom stereocenters. The smallest absolute Gasteiger partial charge is 0.265 e. The standard InChI is InChI=1S/C14H13BrFN3OS/c15-11-5-8(14(20)19-18)1-2-9(11)7-21-13-6-10(16)3-4-12(13)17/h1-6H,7,17-18H2,(H,19,20). The van der Waals surface area contributed by atoms with Gasteiger partial charge in [0.05, 0.1) is 0 Å². The van der Waals surface area contributed by atoms with Gasteiger partial charge in [-0.25, -0.2) is 10.2 Å². The van der Waals surface area contributed by atoms with Crippen LogP contribution in [-0.2, 0) is 5.75 Å². The number of nitrogen functional groups attached to an aromatic ring is 2. The molecule has 2 rings (SSSR count). The number of carbonyl (C=O) groups excluding carboxylic acids is 1. The third-order valence-corrected chi connectivity index (χ3v) is 4.66. The Morgan fingerprint density at radius 3 is 2.71 bits per heavy atom. The van der Waals surface area contributed by atoms with Crippen molar-refractivity contribution in [2.45, 2.75) is 10.6 Å². The Hall–Kier alpha value is -1.57. The van der Waals surface area contributed by atoms with Crippen LogP contribution in [0.4, 0.5) is 10.1 Å². The second kappa shape index (κ2) is 6.93. The number of hydrogen-bond donors (Lipinski definition) is 3. The summed E-state index contributed by atoms with van der Waals surface area (Å²) < 4.78 is 14.0. The highest BCUT2D eigenvalue weighted by Gasteiger charge is 2.09. The Bertz CT molecular complexity index is 681. The first kappa shape index (κ1) is 15.8. The fraction of sp³-hybridized carbons (Fsp3) is 0.0714. The van der Waals surface area contributed by atoms with Crippen molar-refractivity contribution in [3.8, 4) is 0 Å². The highest BCUT2D eigenvalue weighted by Crippen LogP contribution is 2.31. The largest absolute Gasteiger partial charge is 0.398 e. The number of hydrogen-bond acceptors (Lipinski definition) is 4. The number of carbonyl (C=O) groups is 1. The maximum Gasteiger partial charge on any atom is 0.265 e. The molecule has 2 aromatic rings. The quantitative estimate of drug-likeness (QED) is 0.254. The Morgan fingerprint density at radius 2 is 2.05 bits per heavy atom. The number of thioether (sulfide) groups is 1. The van der Waals surface area contributed by atoms with Crippen LogP contribution in [0.25, 0.3) is 0 Å². The molecular formula is C14H13BrFN3OS. The van der Waals surface area contributed by atoms with Crippen LogP contribution >= 0.6 is 27.7 Å². The monoisotopic (exact) mass is 369 g/mol. The summed E-state index contributed by atoms with van der Waals surface area (Å²) in [6.07, 6.45) is 0. The lowest BCUT2D eigenvalue weighted by atomic mass is 10.1. The Morgan fingerprint density at radius 1 is 1.29 bits per heavy atom. The van der Waals surface area contributed by atoms with Crippen LogP contribution in [0.1, 0.15) is 15.9 Å². The van der Waals surface area contributed by atoms with E-state index in [0.29, 0.717) is 21.9 Å². The number of benzene rings is 2. The Balaban J connectivity index is 2.13. The zero-order valence-electron chi connectivity index (χ0n) is 10.9. The molecule has 0 unspecified atom stereocenters. The van der Waals surface area contributed by atoms with Crippen LogP contribution < -0.4 is 17.0 Å². The first-order chi connectivity index (χ1) is 10.0. The molecule has 0 aliphatic heterocycles. The molecule has 0 bridgehead atoms. The maximum absolute atomic E-state index is 13.2. The molecule has 0 fully saturated rings. The van der Waals surface area contributed by atoms with Gasteiger partial charge in [0, 0.05) is 26.4 Å². The van der Waals surface area contributed by atoms with Gasteiger partial charge in [-0.15, -0.1) is 11.8 Å². The van der Waals surface area contributed by atoms with Gasteiger partial charge in [0.1, 0.15) is 5.82 Å². The molecule has 1 amide bonds. The van der Waals surface area contributed by atoms with Gasteiger partial charge >= 0.3 is 0 Å². The molecule has 0 spiro atoms. The summed E-state index contributed by atoms with van der Waals surface area (Å²) in [5, 5.41) is 0. The lowest BCUT2D eigenvalue weighted by Crippen LogP contribution is -2.29. The Kier molecular flexibility index (Phi) is 5.22. The molecule has 0 aliphatic carbocycles. The third kappa shape index (κ3) is 3.96. The first-order valence-corrected chi connectivity index (χ1v) is 7.76. The predicted octanol–water partition coefficient (Wildman–Crippen LogP) is 3.07. The summed E-state index contributed by atoms with van der Waals surface area (Å²) in [6.45, 7) is 0. The van der Waals surface area contributed by atoms with E-state index in [1.54, 1.807) is 18.2 Å². The Labute approximate surface area is 134 Å². The summed E-state index contributed by atoms with van der Waals surface area (Å²) in [5.41, 5.74) is 9.85. The highest BCUT2D eigenvalue weighted by molar-refractivity contribution is 9.10. The molecular weight excluding hydrogens is 357 g/mol. The van der Waals surface area contributed by atoms with Gasteiger partial charge in [0.25, 0.3) is 5.91 Å². The summed E-state index contributed by atoms with van der Waals surface area (Å²) in [7, 11) is 0. The minimum Gasteiger partial charge on any atom is -0.398 e. The first-order valence-electron chi connectivity index (χ1n) is 5.98. The van der Waals surface area contributed by atoms with E-state index in [0.717, 1.165) is 10.0 Å². The van der Waals surface area contributed by atoms with Gasteiger partial charge in [-0.3, -0.25) is 10.2 Å². The van der Waals surface area contributed by atoms with Crippen LogP contribution in [0.15, 0.2) is 45.8 Å². The van der Waals surface area contributed by atoms with Crippen molar-refractivity contribution in [1.82, 2.24) is 5.43 Å². The maximum atomic E-state index is 13.2. The lowest BCUT2D eigenvalue weighted by Gasteiger charge is -2.08. The van der Waals surface area contributed by atoms with Gasteiger partial charge in [0.2, 0.25) is 0 Å². The zero-order valence-corrected chi connectivity index (χ0v) is 13.3. The molecule has 110 valence electrons. The van der Waals surface area contributed by atoms with Gasteiger partial charge in [0.15, 0.2) is 0 Å². The molecule has 2 aromatic carbocycles. The molecule has 0 aliphatic rings. The number of rotatable bonds is 4. The van der Waals surface area contributed by atoms with Gasteiger partial charge in [-0.05, 0) is 35.9 Å². The molecule has 4 nitrogen and oxygen atoms in total. The van der Waals surface area contributed by atoms with Crippen molar-refractivity contribution in [1.29, 1.82) is 0 Å². The summed E-state index contributed by atoms with van der Waals surface area (Å²) >= 11 is 4.84. The van der Waals surface area contributed by atoms with Crippen LogP contribution in [0.2, 0.25) is 0 Å². The van der Waals surface area contributed by atoms with Crippen molar-refractivity contribution in [3.05, 3.63) is 57.8 Å². The van der Waals surface area contributed by atoms with E-state index in [1.165, 1.54) is 23.9 Å². The van der Waals surface area contributed by atoms with Gasteiger partial charge < -0.3 is 5.73 Å². The molecule has 5 N–H and O–H groups in total. The van der Waals surface area contributed by atoms with Gasteiger partial charge in [-0.2, -0.15) is 0 Å². The number of nitrogens with two attached hydrogens (primary N) is 2. The number of anilines is 1. The molecule has 0 saturated heterocycles. The van der Waals surface area contributed by atoms with Crippen LogP contribution in [0.5, 0.6) is 0 Å². The molecule has 7 heteroatoms. The average molecular weight is 370 g/mol. The third-order valence-electron chi connectivity index (χ3n) is 2.81. The topological polar surface area (TPSA) is 81.1 Å². The van der Waals surface area contributed by atoms with Crippen molar-refractivity contribution < 1.29 is 9.18 Å². The van der Waals surface area contributed by atoms with E-state index in [1.807, 2.05) is 6.07 Å². The van der Waals surface area contributed by atoms with Crippen molar-refractivity contribution in [2.75, 3.05) is 5.73 Å². The summed E-state index contributed by atoms with van der Waals surface area (Å²) in [4.78, 5) is 12.1. The van der Waals surface area contributed by atoms with Gasteiger partial charge in [-0.1, -0.05) is 22.0 Å². The van der Waals surface area contributed by atoms with E-state index in [2.05, 4.69) is 21.4 Å². The molecule has 0 radical (unpaired) electrons. The molecule has 0 aromatic heterocycles. The van der Waals surface area contributed by atoms with Crippen molar-refractivity contribution in [3.63, 3.8) is 0 Å². The lowest BCUT2D eigenvalue weighted by molar-refractivity contribution is 0.0953. The zero-order chi connectivity index (χ0) is 15.4. The number of amides is 1. The molecule has 0 saturated carbocycles. The molecule has 21 heavy (non-hydrogen) atoms. The number of halogens is 2. The average Bonchev–Trinajstić information content (AvgIpc) is 2.48. The minimum atomic E-state index is -0.357. The van der Waals surface area contributed by atoms with Crippen LogP contribution in [0, 0.1) is 5.82 Å². The summed E-state index contributed by atoms with van der Waals surface area (Å²) in [5.74, 6) is 5.01. The van der Waals surface area contributed by atoms with E-state index < -0.39 is 0 Å². The SMILES string of the molecule is NNC(=O)c1ccc(CSc2cc(F)ccc2N)c(Br)c1. The fourth-order valence-electron chi connectivity index (χ4n) is 1.68. The van der Waals surface area contributed by atoms with Crippen molar-refractivity contribution >= 4 is 39.3 Å². The van der Waals surface area contributed by atoms with Crippen LogP contribution in [0.3, 0.4) is 0 Å². The second-order valence-corrected chi connectivity index (χ2v) is 6.12. The van der Waals surface area contributed by atoms with E-state index in [-0.39, 0.29) is 11.7 Å². The normalized spacial score (nSPS) is 10.4. The highest BCUT2D eigenvalue weighted by atomic mass is 79.9. The number of hydrazine groups is 1. The van der Waals surface area contributed by atoms with E-state index in [9.17, 15) is 9.18 Å².